The highest BCUT2D eigenvalue weighted by Gasteiger charge is 2.31. The Labute approximate surface area is 134 Å². The summed E-state index contributed by atoms with van der Waals surface area (Å²) < 4.78 is 10.8. The van der Waals surface area contributed by atoms with E-state index in [0.29, 0.717) is 22.4 Å². The molecule has 0 unspecified atom stereocenters. The van der Waals surface area contributed by atoms with Gasteiger partial charge in [0.25, 0.3) is 5.91 Å². The summed E-state index contributed by atoms with van der Waals surface area (Å²) in [7, 11) is 3.25. The average molecular weight is 323 g/mol. The molecule has 0 N–H and O–H groups in total. The number of benzene rings is 1. The van der Waals surface area contributed by atoms with Crippen molar-refractivity contribution < 1.29 is 14.3 Å². The Hall–Kier alpha value is -1.37. The SMILES string of the molecule is COCCN1C(=O)/C(=C\c2ccc(OC)c(C)c2)SC1=S. The number of carbonyl (C=O) groups is 1. The van der Waals surface area contributed by atoms with Crippen LogP contribution in [0.5, 0.6) is 5.75 Å². The number of hydrogen-bond acceptors (Lipinski definition) is 5. The van der Waals surface area contributed by atoms with Crippen molar-refractivity contribution in [3.05, 3.63) is 34.2 Å². The van der Waals surface area contributed by atoms with Crippen LogP contribution >= 0.6 is 24.0 Å². The van der Waals surface area contributed by atoms with Crippen LogP contribution in [0, 0.1) is 6.92 Å². The van der Waals surface area contributed by atoms with Crippen LogP contribution in [0.3, 0.4) is 0 Å². The monoisotopic (exact) mass is 323 g/mol. The van der Waals surface area contributed by atoms with Crippen LogP contribution in [-0.2, 0) is 9.53 Å². The molecule has 1 aromatic carbocycles. The van der Waals surface area contributed by atoms with E-state index in [4.69, 9.17) is 21.7 Å². The van der Waals surface area contributed by atoms with Crippen LogP contribution < -0.4 is 4.74 Å². The highest BCUT2D eigenvalue weighted by atomic mass is 32.2. The Bertz CT molecular complexity index is 599. The predicted molar refractivity (Wildman–Crippen MR) is 89.5 cm³/mol. The van der Waals surface area contributed by atoms with Gasteiger partial charge in [0.2, 0.25) is 0 Å². The van der Waals surface area contributed by atoms with Gasteiger partial charge in [0.15, 0.2) is 0 Å². The van der Waals surface area contributed by atoms with Gasteiger partial charge in [0.05, 0.1) is 25.2 Å². The Morgan fingerprint density at radius 2 is 2.14 bits per heavy atom. The molecule has 0 bridgehead atoms. The molecule has 0 saturated carbocycles. The van der Waals surface area contributed by atoms with Crippen molar-refractivity contribution in [3.63, 3.8) is 0 Å². The maximum atomic E-state index is 12.3. The lowest BCUT2D eigenvalue weighted by molar-refractivity contribution is -0.122. The lowest BCUT2D eigenvalue weighted by Gasteiger charge is -2.12. The molecule has 0 spiro atoms. The smallest absolute Gasteiger partial charge is 0.266 e. The van der Waals surface area contributed by atoms with Gasteiger partial charge in [-0.1, -0.05) is 30.0 Å². The van der Waals surface area contributed by atoms with Crippen LogP contribution in [0.4, 0.5) is 0 Å². The first kappa shape index (κ1) is 16.0. The highest BCUT2D eigenvalue weighted by molar-refractivity contribution is 8.26. The molecule has 0 aliphatic carbocycles. The number of thiocarbonyl (C=S) groups is 1. The number of hydrogen-bond donors (Lipinski definition) is 0. The van der Waals surface area contributed by atoms with Gasteiger partial charge in [0.1, 0.15) is 10.1 Å². The minimum absolute atomic E-state index is 0.0597. The second kappa shape index (κ2) is 7.06. The standard InChI is InChI=1S/C15H17NO3S2/c1-10-8-11(4-5-12(10)19-3)9-13-14(17)16(6-7-18-2)15(20)21-13/h4-5,8-9H,6-7H2,1-3H3/b13-9+. The summed E-state index contributed by atoms with van der Waals surface area (Å²) in [5.41, 5.74) is 1.99. The Kier molecular flexibility index (Phi) is 5.39. The van der Waals surface area contributed by atoms with Crippen molar-refractivity contribution in [1.82, 2.24) is 4.90 Å². The summed E-state index contributed by atoms with van der Waals surface area (Å²) in [6.45, 7) is 2.93. The van der Waals surface area contributed by atoms with E-state index in [1.807, 2.05) is 31.2 Å². The van der Waals surface area contributed by atoms with Crippen LogP contribution in [0.2, 0.25) is 0 Å². The summed E-state index contributed by atoms with van der Waals surface area (Å²) in [6.07, 6.45) is 1.86. The van der Waals surface area contributed by atoms with Gasteiger partial charge in [-0.2, -0.15) is 0 Å². The summed E-state index contributed by atoms with van der Waals surface area (Å²) in [5, 5.41) is 0. The molecule has 112 valence electrons. The summed E-state index contributed by atoms with van der Waals surface area (Å²) in [4.78, 5) is 14.5. The summed E-state index contributed by atoms with van der Waals surface area (Å²) in [6, 6.07) is 5.81. The molecule has 6 heteroatoms. The first-order valence-electron chi connectivity index (χ1n) is 6.45. The fourth-order valence-electron chi connectivity index (χ4n) is 2.02. The number of methoxy groups -OCH3 is 2. The number of amides is 1. The van der Waals surface area contributed by atoms with E-state index in [9.17, 15) is 4.79 Å². The zero-order valence-corrected chi connectivity index (χ0v) is 13.8. The van der Waals surface area contributed by atoms with E-state index in [-0.39, 0.29) is 5.91 Å². The van der Waals surface area contributed by atoms with Gasteiger partial charge in [-0.15, -0.1) is 0 Å². The summed E-state index contributed by atoms with van der Waals surface area (Å²) >= 11 is 6.57. The third kappa shape index (κ3) is 3.64. The van der Waals surface area contributed by atoms with Gasteiger partial charge in [-0.05, 0) is 36.3 Å². The number of thioether (sulfide) groups is 1. The van der Waals surface area contributed by atoms with Crippen molar-refractivity contribution in [3.8, 4) is 5.75 Å². The van der Waals surface area contributed by atoms with Crippen LogP contribution in [-0.4, -0.2) is 42.5 Å². The van der Waals surface area contributed by atoms with E-state index in [1.54, 1.807) is 19.1 Å². The molecule has 1 saturated heterocycles. The minimum Gasteiger partial charge on any atom is -0.496 e. The van der Waals surface area contributed by atoms with E-state index in [2.05, 4.69) is 0 Å². The molecule has 1 aliphatic rings. The Balaban J connectivity index is 2.20. The van der Waals surface area contributed by atoms with Crippen molar-refractivity contribution in [2.45, 2.75) is 6.92 Å². The van der Waals surface area contributed by atoms with E-state index in [0.717, 1.165) is 16.9 Å². The molecule has 1 amide bonds. The third-order valence-electron chi connectivity index (χ3n) is 3.11. The third-order valence-corrected chi connectivity index (χ3v) is 4.49. The van der Waals surface area contributed by atoms with E-state index >= 15 is 0 Å². The molecule has 1 aromatic rings. The fourth-order valence-corrected chi connectivity index (χ4v) is 3.33. The minimum atomic E-state index is -0.0597. The number of carbonyl (C=O) groups excluding carboxylic acids is 1. The van der Waals surface area contributed by atoms with Gasteiger partial charge in [-0.3, -0.25) is 9.69 Å². The van der Waals surface area contributed by atoms with Crippen molar-refractivity contribution in [1.29, 1.82) is 0 Å². The van der Waals surface area contributed by atoms with Gasteiger partial charge in [0, 0.05) is 7.11 Å². The molecular weight excluding hydrogens is 306 g/mol. The Morgan fingerprint density at radius 3 is 2.76 bits per heavy atom. The van der Waals surface area contributed by atoms with Gasteiger partial charge in [-0.25, -0.2) is 0 Å². The van der Waals surface area contributed by atoms with Crippen molar-refractivity contribution in [2.75, 3.05) is 27.4 Å². The predicted octanol–water partition coefficient (Wildman–Crippen LogP) is 2.85. The lowest BCUT2D eigenvalue weighted by Crippen LogP contribution is -2.31. The first-order chi connectivity index (χ1) is 10.1. The fraction of sp³-hybridized carbons (Fsp3) is 0.333. The van der Waals surface area contributed by atoms with Crippen LogP contribution in [0.25, 0.3) is 6.08 Å². The maximum absolute atomic E-state index is 12.3. The van der Waals surface area contributed by atoms with E-state index in [1.165, 1.54) is 11.8 Å². The zero-order valence-electron chi connectivity index (χ0n) is 12.2. The molecular formula is C15H17NO3S2. The molecule has 1 heterocycles. The van der Waals surface area contributed by atoms with Gasteiger partial charge >= 0.3 is 0 Å². The largest absolute Gasteiger partial charge is 0.496 e. The van der Waals surface area contributed by atoms with Crippen LogP contribution in [0.15, 0.2) is 23.1 Å². The molecule has 1 fully saturated rings. The topological polar surface area (TPSA) is 38.8 Å². The number of nitrogens with zero attached hydrogens (tertiary/aromatic N) is 1. The van der Waals surface area contributed by atoms with Gasteiger partial charge < -0.3 is 9.47 Å². The zero-order chi connectivity index (χ0) is 15.4. The molecule has 2 rings (SSSR count). The highest BCUT2D eigenvalue weighted by Crippen LogP contribution is 2.32. The quantitative estimate of drug-likeness (QED) is 0.615. The van der Waals surface area contributed by atoms with Crippen LogP contribution in [0.1, 0.15) is 11.1 Å². The lowest BCUT2D eigenvalue weighted by atomic mass is 10.1. The maximum Gasteiger partial charge on any atom is 0.266 e. The molecule has 21 heavy (non-hydrogen) atoms. The summed E-state index contributed by atoms with van der Waals surface area (Å²) in [5.74, 6) is 0.773. The molecule has 0 aromatic heterocycles. The second-order valence-electron chi connectivity index (χ2n) is 4.56. The number of ether oxygens (including phenoxy) is 2. The van der Waals surface area contributed by atoms with E-state index < -0.39 is 0 Å². The molecule has 0 atom stereocenters. The Morgan fingerprint density at radius 1 is 1.38 bits per heavy atom. The molecule has 1 aliphatic heterocycles. The molecule has 0 radical (unpaired) electrons. The number of aryl methyl sites for hydroxylation is 1. The van der Waals surface area contributed by atoms with Crippen molar-refractivity contribution in [2.24, 2.45) is 0 Å². The normalized spacial score (nSPS) is 16.9. The number of rotatable bonds is 5. The van der Waals surface area contributed by atoms with Crippen molar-refractivity contribution >= 4 is 40.3 Å². The first-order valence-corrected chi connectivity index (χ1v) is 7.68. The molecule has 4 nitrogen and oxygen atoms in total. The average Bonchev–Trinajstić information content (AvgIpc) is 2.72. The second-order valence-corrected chi connectivity index (χ2v) is 6.23.